The SMILES string of the molecule is CC1(C)CCCCC1(C)NN. The molecule has 1 atom stereocenters. The van der Waals surface area contributed by atoms with E-state index in [0.717, 1.165) is 0 Å². The fourth-order valence-electron chi connectivity index (χ4n) is 1.93. The van der Waals surface area contributed by atoms with Gasteiger partial charge in [-0.2, -0.15) is 0 Å². The van der Waals surface area contributed by atoms with Crippen LogP contribution in [0.15, 0.2) is 0 Å². The minimum Gasteiger partial charge on any atom is -0.271 e. The maximum atomic E-state index is 5.56. The lowest BCUT2D eigenvalue weighted by molar-refractivity contribution is 0.0787. The Kier molecular flexibility index (Phi) is 2.26. The largest absolute Gasteiger partial charge is 0.271 e. The summed E-state index contributed by atoms with van der Waals surface area (Å²) in [6.45, 7) is 6.82. The molecule has 1 saturated carbocycles. The lowest BCUT2D eigenvalue weighted by atomic mass is 9.64. The van der Waals surface area contributed by atoms with Crippen molar-refractivity contribution < 1.29 is 0 Å². The molecule has 0 heterocycles. The Morgan fingerprint density at radius 1 is 1.09 bits per heavy atom. The summed E-state index contributed by atoms with van der Waals surface area (Å²) < 4.78 is 0. The topological polar surface area (TPSA) is 38.0 Å². The molecule has 1 aliphatic carbocycles. The van der Waals surface area contributed by atoms with E-state index in [0.29, 0.717) is 5.41 Å². The molecule has 1 rings (SSSR count). The number of hydrogen-bond donors (Lipinski definition) is 2. The quantitative estimate of drug-likeness (QED) is 0.449. The number of nitrogens with two attached hydrogens (primary N) is 1. The van der Waals surface area contributed by atoms with Gasteiger partial charge in [0, 0.05) is 5.54 Å². The van der Waals surface area contributed by atoms with Crippen LogP contribution in [-0.2, 0) is 0 Å². The van der Waals surface area contributed by atoms with Gasteiger partial charge in [-0.25, -0.2) is 0 Å². The van der Waals surface area contributed by atoms with Crippen LogP contribution in [0, 0.1) is 5.41 Å². The third kappa shape index (κ3) is 1.42. The molecule has 0 aromatic heterocycles. The van der Waals surface area contributed by atoms with E-state index in [1.54, 1.807) is 0 Å². The third-order valence-corrected chi connectivity index (χ3v) is 3.54. The van der Waals surface area contributed by atoms with Crippen molar-refractivity contribution in [2.45, 2.75) is 52.0 Å². The molecule has 0 spiro atoms. The van der Waals surface area contributed by atoms with Gasteiger partial charge in [-0.1, -0.05) is 26.7 Å². The van der Waals surface area contributed by atoms with Gasteiger partial charge in [0.1, 0.15) is 0 Å². The van der Waals surface area contributed by atoms with Crippen LogP contribution in [-0.4, -0.2) is 5.54 Å². The van der Waals surface area contributed by atoms with Gasteiger partial charge < -0.3 is 0 Å². The van der Waals surface area contributed by atoms with Gasteiger partial charge in [-0.3, -0.25) is 11.3 Å². The van der Waals surface area contributed by atoms with E-state index in [2.05, 4.69) is 26.2 Å². The van der Waals surface area contributed by atoms with Gasteiger partial charge in [-0.15, -0.1) is 0 Å². The summed E-state index contributed by atoms with van der Waals surface area (Å²) in [5.74, 6) is 5.56. The standard InChI is InChI=1S/C9H20N2/c1-8(2)6-4-5-7-9(8,3)11-10/h11H,4-7,10H2,1-3H3. The smallest absolute Gasteiger partial charge is 0.0344 e. The van der Waals surface area contributed by atoms with Crippen molar-refractivity contribution in [1.29, 1.82) is 0 Å². The molecule has 11 heavy (non-hydrogen) atoms. The molecule has 3 N–H and O–H groups in total. The van der Waals surface area contributed by atoms with Gasteiger partial charge in [0.2, 0.25) is 0 Å². The highest BCUT2D eigenvalue weighted by atomic mass is 15.3. The first kappa shape index (κ1) is 9.01. The summed E-state index contributed by atoms with van der Waals surface area (Å²) in [7, 11) is 0. The fourth-order valence-corrected chi connectivity index (χ4v) is 1.93. The van der Waals surface area contributed by atoms with E-state index in [-0.39, 0.29) is 5.54 Å². The van der Waals surface area contributed by atoms with Crippen LogP contribution in [0.5, 0.6) is 0 Å². The van der Waals surface area contributed by atoms with Crippen LogP contribution in [0.2, 0.25) is 0 Å². The minimum atomic E-state index is 0.144. The number of rotatable bonds is 1. The molecule has 0 aromatic carbocycles. The van der Waals surface area contributed by atoms with E-state index in [1.807, 2.05) is 0 Å². The van der Waals surface area contributed by atoms with Crippen molar-refractivity contribution in [1.82, 2.24) is 5.43 Å². The van der Waals surface area contributed by atoms with Crippen molar-refractivity contribution >= 4 is 0 Å². The molecule has 66 valence electrons. The molecule has 1 unspecified atom stereocenters. The highest BCUT2D eigenvalue weighted by molar-refractivity contribution is 4.97. The minimum absolute atomic E-state index is 0.144. The maximum absolute atomic E-state index is 5.56. The van der Waals surface area contributed by atoms with Gasteiger partial charge in [0.05, 0.1) is 0 Å². The molecule has 0 aliphatic heterocycles. The van der Waals surface area contributed by atoms with Crippen molar-refractivity contribution in [3.8, 4) is 0 Å². The first-order chi connectivity index (χ1) is 5.02. The third-order valence-electron chi connectivity index (χ3n) is 3.54. The zero-order valence-electron chi connectivity index (χ0n) is 7.91. The lowest BCUT2D eigenvalue weighted by Gasteiger charge is -2.47. The molecule has 2 nitrogen and oxygen atoms in total. The normalized spacial score (nSPS) is 37.1. The lowest BCUT2D eigenvalue weighted by Crippen LogP contribution is -2.58. The number of hydrazine groups is 1. The Labute approximate surface area is 69.5 Å². The summed E-state index contributed by atoms with van der Waals surface area (Å²) >= 11 is 0. The summed E-state index contributed by atoms with van der Waals surface area (Å²) in [4.78, 5) is 0. The van der Waals surface area contributed by atoms with Crippen LogP contribution < -0.4 is 11.3 Å². The van der Waals surface area contributed by atoms with E-state index >= 15 is 0 Å². The molecule has 0 aromatic rings. The molecule has 1 fully saturated rings. The van der Waals surface area contributed by atoms with Crippen LogP contribution in [0.4, 0.5) is 0 Å². The molecule has 0 bridgehead atoms. The summed E-state index contributed by atoms with van der Waals surface area (Å²) in [5, 5.41) is 0. The summed E-state index contributed by atoms with van der Waals surface area (Å²) in [5.41, 5.74) is 3.46. The van der Waals surface area contributed by atoms with E-state index in [9.17, 15) is 0 Å². The van der Waals surface area contributed by atoms with Gasteiger partial charge in [-0.05, 0) is 25.2 Å². The Morgan fingerprint density at radius 3 is 2.00 bits per heavy atom. The van der Waals surface area contributed by atoms with E-state index in [1.165, 1.54) is 25.7 Å². The predicted octanol–water partition coefficient (Wildman–Crippen LogP) is 1.81. The Balaban J connectivity index is 2.74. The van der Waals surface area contributed by atoms with Gasteiger partial charge in [0.25, 0.3) is 0 Å². The van der Waals surface area contributed by atoms with Crippen LogP contribution in [0.3, 0.4) is 0 Å². The molecular weight excluding hydrogens is 136 g/mol. The first-order valence-corrected chi connectivity index (χ1v) is 4.50. The van der Waals surface area contributed by atoms with Crippen molar-refractivity contribution in [2.24, 2.45) is 11.3 Å². The maximum Gasteiger partial charge on any atom is 0.0344 e. The monoisotopic (exact) mass is 156 g/mol. The Hall–Kier alpha value is -0.0800. The summed E-state index contributed by atoms with van der Waals surface area (Å²) in [6, 6.07) is 0. The molecule has 2 heteroatoms. The summed E-state index contributed by atoms with van der Waals surface area (Å²) in [6.07, 6.45) is 5.15. The average Bonchev–Trinajstić information content (AvgIpc) is 1.95. The van der Waals surface area contributed by atoms with Crippen molar-refractivity contribution in [3.63, 3.8) is 0 Å². The molecule has 1 aliphatic rings. The predicted molar refractivity (Wildman–Crippen MR) is 48.0 cm³/mol. The van der Waals surface area contributed by atoms with E-state index < -0.39 is 0 Å². The average molecular weight is 156 g/mol. The van der Waals surface area contributed by atoms with Crippen LogP contribution in [0.25, 0.3) is 0 Å². The van der Waals surface area contributed by atoms with Gasteiger partial charge >= 0.3 is 0 Å². The van der Waals surface area contributed by atoms with E-state index in [4.69, 9.17) is 5.84 Å². The second-order valence-electron chi connectivity index (χ2n) is 4.57. The zero-order valence-corrected chi connectivity index (χ0v) is 7.91. The van der Waals surface area contributed by atoms with Gasteiger partial charge in [0.15, 0.2) is 0 Å². The molecule has 0 radical (unpaired) electrons. The van der Waals surface area contributed by atoms with Crippen molar-refractivity contribution in [2.75, 3.05) is 0 Å². The highest BCUT2D eigenvalue weighted by Crippen LogP contribution is 2.42. The van der Waals surface area contributed by atoms with Crippen LogP contribution in [0.1, 0.15) is 46.5 Å². The van der Waals surface area contributed by atoms with Crippen molar-refractivity contribution in [3.05, 3.63) is 0 Å². The van der Waals surface area contributed by atoms with Crippen LogP contribution >= 0.6 is 0 Å². The Morgan fingerprint density at radius 2 is 1.64 bits per heavy atom. The number of hydrogen-bond acceptors (Lipinski definition) is 2. The molecule has 0 saturated heterocycles. The molecule has 0 amide bonds. The highest BCUT2D eigenvalue weighted by Gasteiger charge is 2.41. The second-order valence-corrected chi connectivity index (χ2v) is 4.57. The Bertz CT molecular complexity index is 142. The first-order valence-electron chi connectivity index (χ1n) is 4.50. The molecular formula is C9H20N2. The second kappa shape index (κ2) is 2.76. The zero-order chi connectivity index (χ0) is 8.54. The fraction of sp³-hybridized carbons (Fsp3) is 1.00. The number of nitrogens with one attached hydrogen (secondary N) is 1.